The molecule has 0 bridgehead atoms. The molecule has 1 fully saturated rings. The van der Waals surface area contributed by atoms with Gasteiger partial charge in [0.05, 0.1) is 33.9 Å². The summed E-state index contributed by atoms with van der Waals surface area (Å²) in [6, 6.07) is 9.39. The first-order chi connectivity index (χ1) is 14.2. The number of nitrogens with zero attached hydrogens (tertiary/aromatic N) is 2. The Bertz CT molecular complexity index is 995. The van der Waals surface area contributed by atoms with Crippen LogP contribution in [0.5, 0.6) is 0 Å². The zero-order chi connectivity index (χ0) is 22.0. The van der Waals surface area contributed by atoms with Crippen LogP contribution in [0.2, 0.25) is 10.0 Å². The van der Waals surface area contributed by atoms with Crippen molar-refractivity contribution in [3.8, 4) is 0 Å². The van der Waals surface area contributed by atoms with Crippen LogP contribution in [0.3, 0.4) is 0 Å². The predicted octanol–water partition coefficient (Wildman–Crippen LogP) is 3.89. The molecule has 3 amide bonds. The number of benzene rings is 2. The van der Waals surface area contributed by atoms with Crippen LogP contribution in [0.4, 0.5) is 15.8 Å². The Morgan fingerprint density at radius 2 is 1.90 bits per heavy atom. The summed E-state index contributed by atoms with van der Waals surface area (Å²) in [4.78, 5) is 39.9. The number of anilines is 2. The van der Waals surface area contributed by atoms with Gasteiger partial charge in [0.25, 0.3) is 0 Å². The number of amides is 3. The van der Waals surface area contributed by atoms with Gasteiger partial charge in [-0.15, -0.1) is 0 Å². The smallest absolute Gasteiger partial charge is 0.244 e. The van der Waals surface area contributed by atoms with E-state index in [1.54, 1.807) is 31.2 Å². The Balaban J connectivity index is 1.63. The summed E-state index contributed by atoms with van der Waals surface area (Å²) in [6.45, 7) is 1.56. The molecule has 6 nitrogen and oxygen atoms in total. The number of rotatable bonds is 5. The second-order valence-corrected chi connectivity index (χ2v) is 8.01. The molecular formula is C21H20Cl2FN3O3. The Kier molecular flexibility index (Phi) is 6.63. The van der Waals surface area contributed by atoms with E-state index in [-0.39, 0.29) is 52.7 Å². The van der Waals surface area contributed by atoms with E-state index in [2.05, 4.69) is 5.32 Å². The second-order valence-electron chi connectivity index (χ2n) is 7.20. The van der Waals surface area contributed by atoms with Crippen molar-refractivity contribution < 1.29 is 18.8 Å². The molecule has 1 aliphatic heterocycles. The minimum atomic E-state index is -0.667. The fourth-order valence-electron chi connectivity index (χ4n) is 3.34. The van der Waals surface area contributed by atoms with Gasteiger partial charge in [0.15, 0.2) is 0 Å². The van der Waals surface area contributed by atoms with Crippen LogP contribution >= 0.6 is 23.2 Å². The predicted molar refractivity (Wildman–Crippen MR) is 114 cm³/mol. The molecule has 0 aliphatic carbocycles. The van der Waals surface area contributed by atoms with Gasteiger partial charge in [-0.05, 0) is 36.8 Å². The molecule has 0 saturated carbocycles. The van der Waals surface area contributed by atoms with Gasteiger partial charge in [0.1, 0.15) is 5.82 Å². The summed E-state index contributed by atoms with van der Waals surface area (Å²) in [5, 5.41) is 3.15. The van der Waals surface area contributed by atoms with Gasteiger partial charge in [-0.25, -0.2) is 4.39 Å². The van der Waals surface area contributed by atoms with E-state index in [0.29, 0.717) is 0 Å². The molecule has 1 aliphatic rings. The fourth-order valence-corrected chi connectivity index (χ4v) is 3.83. The summed E-state index contributed by atoms with van der Waals surface area (Å²) >= 11 is 12.1. The lowest BCUT2D eigenvalue weighted by Gasteiger charge is -2.21. The number of carbonyl (C=O) groups excluding carboxylic acids is 3. The van der Waals surface area contributed by atoms with Crippen LogP contribution in [0.25, 0.3) is 0 Å². The highest BCUT2D eigenvalue weighted by molar-refractivity contribution is 6.39. The van der Waals surface area contributed by atoms with Gasteiger partial charge in [-0.2, -0.15) is 0 Å². The average molecular weight is 452 g/mol. The van der Waals surface area contributed by atoms with E-state index in [1.165, 1.54) is 29.0 Å². The number of likely N-dealkylation sites (N-methyl/N-ethyl adjacent to an activating group) is 1. The topological polar surface area (TPSA) is 69.7 Å². The first-order valence-corrected chi connectivity index (χ1v) is 9.98. The molecule has 2 aromatic rings. The number of para-hydroxylation sites is 1. The third-order valence-corrected chi connectivity index (χ3v) is 5.48. The van der Waals surface area contributed by atoms with E-state index in [0.717, 1.165) is 5.56 Å². The van der Waals surface area contributed by atoms with Crippen molar-refractivity contribution in [2.45, 2.75) is 13.3 Å². The summed E-state index contributed by atoms with van der Waals surface area (Å²) < 4.78 is 14.2. The molecular weight excluding hydrogens is 432 g/mol. The normalized spacial score (nSPS) is 16.0. The molecule has 0 aromatic heterocycles. The fraction of sp³-hybridized carbons (Fsp3) is 0.286. The summed E-state index contributed by atoms with van der Waals surface area (Å²) in [5.41, 5.74) is 1.15. The zero-order valence-electron chi connectivity index (χ0n) is 16.4. The van der Waals surface area contributed by atoms with Gasteiger partial charge in [-0.3, -0.25) is 14.4 Å². The first-order valence-electron chi connectivity index (χ1n) is 9.22. The van der Waals surface area contributed by atoms with Crippen LogP contribution in [0, 0.1) is 18.7 Å². The van der Waals surface area contributed by atoms with Crippen LogP contribution in [0.15, 0.2) is 36.4 Å². The van der Waals surface area contributed by atoms with E-state index in [1.807, 2.05) is 0 Å². The number of aryl methyl sites for hydroxylation is 1. The van der Waals surface area contributed by atoms with Crippen molar-refractivity contribution in [2.75, 3.05) is 30.4 Å². The Morgan fingerprint density at radius 3 is 2.53 bits per heavy atom. The number of nitrogens with one attached hydrogen (secondary N) is 1. The van der Waals surface area contributed by atoms with Crippen LogP contribution < -0.4 is 10.2 Å². The Morgan fingerprint density at radius 1 is 1.23 bits per heavy atom. The maximum Gasteiger partial charge on any atom is 0.244 e. The van der Waals surface area contributed by atoms with Crippen LogP contribution in [0.1, 0.15) is 12.0 Å². The number of hydrogen-bond donors (Lipinski definition) is 1. The van der Waals surface area contributed by atoms with Crippen molar-refractivity contribution >= 4 is 52.3 Å². The van der Waals surface area contributed by atoms with E-state index in [4.69, 9.17) is 23.2 Å². The molecule has 0 radical (unpaired) electrons. The molecule has 2 aromatic carbocycles. The maximum atomic E-state index is 14.2. The second kappa shape index (κ2) is 9.02. The summed E-state index contributed by atoms with van der Waals surface area (Å²) in [6.07, 6.45) is -0.0472. The van der Waals surface area contributed by atoms with E-state index in [9.17, 15) is 18.8 Å². The van der Waals surface area contributed by atoms with Crippen molar-refractivity contribution in [3.05, 3.63) is 57.8 Å². The van der Waals surface area contributed by atoms with Crippen LogP contribution in [-0.2, 0) is 14.4 Å². The molecule has 1 unspecified atom stereocenters. The van der Waals surface area contributed by atoms with Crippen molar-refractivity contribution in [3.63, 3.8) is 0 Å². The zero-order valence-corrected chi connectivity index (χ0v) is 17.9. The SMILES string of the molecule is Cc1ccc(N2CC(C(=O)N(C)CC(=O)Nc3c(Cl)cccc3Cl)CC2=O)c(F)c1. The van der Waals surface area contributed by atoms with E-state index >= 15 is 0 Å². The third-order valence-electron chi connectivity index (χ3n) is 4.85. The lowest BCUT2D eigenvalue weighted by atomic mass is 10.1. The molecule has 30 heavy (non-hydrogen) atoms. The lowest BCUT2D eigenvalue weighted by molar-refractivity contribution is -0.137. The lowest BCUT2D eigenvalue weighted by Crippen LogP contribution is -2.39. The molecule has 1 N–H and O–H groups in total. The number of halogens is 3. The standard InChI is InChI=1S/C21H20Cl2FN3O3/c1-12-6-7-17(16(24)8-12)27-10-13(9-19(27)29)21(30)26(2)11-18(28)25-20-14(22)4-3-5-15(20)23/h3-8,13H,9-11H2,1-2H3,(H,25,28). The molecule has 0 spiro atoms. The largest absolute Gasteiger partial charge is 0.336 e. The molecule has 1 heterocycles. The van der Waals surface area contributed by atoms with Crippen molar-refractivity contribution in [1.29, 1.82) is 0 Å². The number of carbonyl (C=O) groups is 3. The molecule has 3 rings (SSSR count). The average Bonchev–Trinajstić information content (AvgIpc) is 3.05. The highest BCUT2D eigenvalue weighted by Gasteiger charge is 2.37. The summed E-state index contributed by atoms with van der Waals surface area (Å²) in [7, 11) is 1.47. The van der Waals surface area contributed by atoms with Gasteiger partial charge in [0, 0.05) is 20.0 Å². The minimum Gasteiger partial charge on any atom is -0.336 e. The Hall–Kier alpha value is -2.64. The summed E-state index contributed by atoms with van der Waals surface area (Å²) in [5.74, 6) is -2.37. The molecule has 1 saturated heterocycles. The van der Waals surface area contributed by atoms with E-state index < -0.39 is 17.6 Å². The number of hydrogen-bond acceptors (Lipinski definition) is 3. The van der Waals surface area contributed by atoms with Crippen LogP contribution in [-0.4, -0.2) is 42.8 Å². The minimum absolute atomic E-state index is 0.0472. The highest BCUT2D eigenvalue weighted by atomic mass is 35.5. The van der Waals surface area contributed by atoms with Crippen molar-refractivity contribution in [1.82, 2.24) is 4.90 Å². The van der Waals surface area contributed by atoms with Gasteiger partial charge in [-0.1, -0.05) is 35.3 Å². The molecule has 1 atom stereocenters. The molecule has 158 valence electrons. The first kappa shape index (κ1) is 22.1. The third kappa shape index (κ3) is 4.74. The monoisotopic (exact) mass is 451 g/mol. The van der Waals surface area contributed by atoms with Gasteiger partial charge >= 0.3 is 0 Å². The highest BCUT2D eigenvalue weighted by Crippen LogP contribution is 2.30. The van der Waals surface area contributed by atoms with Crippen molar-refractivity contribution in [2.24, 2.45) is 5.92 Å². The quantitative estimate of drug-likeness (QED) is 0.749. The maximum absolute atomic E-state index is 14.2. The molecule has 9 heteroatoms. The van der Waals surface area contributed by atoms with Gasteiger partial charge < -0.3 is 15.1 Å². The Labute approximate surface area is 183 Å². The van der Waals surface area contributed by atoms with Gasteiger partial charge in [0.2, 0.25) is 17.7 Å².